The molecule has 1 aliphatic heterocycles. The number of anilines is 1. The third-order valence-electron chi connectivity index (χ3n) is 6.18. The van der Waals surface area contributed by atoms with E-state index >= 15 is 0 Å². The number of nitrogens with zero attached hydrogens (tertiary/aromatic N) is 3. The fraction of sp³-hybridized carbons (Fsp3) is 0.407. The minimum absolute atomic E-state index is 0.0567. The summed E-state index contributed by atoms with van der Waals surface area (Å²) < 4.78 is 16.5. The van der Waals surface area contributed by atoms with Gasteiger partial charge in [-0.3, -0.25) is 4.79 Å². The predicted octanol–water partition coefficient (Wildman–Crippen LogP) is 4.94. The Morgan fingerprint density at radius 2 is 1.91 bits per heavy atom. The molecule has 1 aromatic heterocycles. The van der Waals surface area contributed by atoms with Crippen molar-refractivity contribution in [2.24, 2.45) is 0 Å². The summed E-state index contributed by atoms with van der Waals surface area (Å²) in [7, 11) is 3.28. The number of hydrogen-bond donors (Lipinski definition) is 0. The van der Waals surface area contributed by atoms with Crippen LogP contribution in [0.1, 0.15) is 40.7 Å². The summed E-state index contributed by atoms with van der Waals surface area (Å²) in [5, 5.41) is 4.48. The molecule has 7 nitrogen and oxygen atoms in total. The van der Waals surface area contributed by atoms with Gasteiger partial charge in [0.1, 0.15) is 11.4 Å². The normalized spacial score (nSPS) is 13.3. The Morgan fingerprint density at radius 3 is 2.65 bits per heavy atom. The first kappa shape index (κ1) is 23.8. The zero-order valence-corrected chi connectivity index (χ0v) is 20.3. The van der Waals surface area contributed by atoms with Crippen molar-refractivity contribution in [3.05, 3.63) is 65.2 Å². The first-order valence-corrected chi connectivity index (χ1v) is 11.8. The molecule has 3 aromatic rings. The first-order valence-electron chi connectivity index (χ1n) is 11.8. The lowest BCUT2D eigenvalue weighted by atomic mass is 10.0. The fourth-order valence-electron chi connectivity index (χ4n) is 4.41. The number of aromatic nitrogens is 1. The fourth-order valence-corrected chi connectivity index (χ4v) is 4.41. The summed E-state index contributed by atoms with van der Waals surface area (Å²) in [6.45, 7) is 5.47. The third-order valence-corrected chi connectivity index (χ3v) is 6.18. The van der Waals surface area contributed by atoms with Crippen molar-refractivity contribution in [2.75, 3.05) is 45.4 Å². The number of methoxy groups -OCH3 is 2. The Kier molecular flexibility index (Phi) is 7.85. The number of amides is 1. The second-order valence-corrected chi connectivity index (χ2v) is 8.68. The standard InChI is InChI=1S/C27H33N3O4/c1-20-9-6-10-21(17-20)25-24(27(34-28-25)29-13-4-5-14-29)19-30(15-8-16-32-2)26(31)22-11-7-12-23(18-22)33-3/h6-7,9-12,17-18H,4-5,8,13-16,19H2,1-3H3. The zero-order valence-electron chi connectivity index (χ0n) is 20.3. The number of aryl methyl sites for hydroxylation is 1. The predicted molar refractivity (Wildman–Crippen MR) is 132 cm³/mol. The minimum atomic E-state index is -0.0567. The van der Waals surface area contributed by atoms with Crippen molar-refractivity contribution in [3.63, 3.8) is 0 Å². The number of carbonyl (C=O) groups is 1. The van der Waals surface area contributed by atoms with Crippen LogP contribution in [0.2, 0.25) is 0 Å². The second kappa shape index (κ2) is 11.2. The second-order valence-electron chi connectivity index (χ2n) is 8.68. The molecule has 4 rings (SSSR count). The highest BCUT2D eigenvalue weighted by atomic mass is 16.5. The molecule has 0 atom stereocenters. The van der Waals surface area contributed by atoms with Gasteiger partial charge in [-0.1, -0.05) is 35.0 Å². The average molecular weight is 464 g/mol. The SMILES string of the molecule is COCCCN(Cc1c(-c2cccc(C)c2)noc1N1CCCC1)C(=O)c1cccc(OC)c1. The molecule has 0 bridgehead atoms. The topological polar surface area (TPSA) is 68.0 Å². The van der Waals surface area contributed by atoms with Gasteiger partial charge in [-0.15, -0.1) is 0 Å². The molecule has 7 heteroatoms. The van der Waals surface area contributed by atoms with E-state index in [1.54, 1.807) is 20.3 Å². The van der Waals surface area contributed by atoms with Crippen molar-refractivity contribution in [2.45, 2.75) is 32.7 Å². The van der Waals surface area contributed by atoms with Gasteiger partial charge in [-0.2, -0.15) is 0 Å². The number of carbonyl (C=O) groups excluding carboxylic acids is 1. The van der Waals surface area contributed by atoms with Gasteiger partial charge in [0, 0.05) is 44.5 Å². The van der Waals surface area contributed by atoms with E-state index in [4.69, 9.17) is 14.0 Å². The molecule has 0 unspecified atom stereocenters. The molecule has 1 saturated heterocycles. The number of ether oxygens (including phenoxy) is 2. The van der Waals surface area contributed by atoms with Crippen LogP contribution in [0.5, 0.6) is 5.75 Å². The van der Waals surface area contributed by atoms with E-state index in [1.807, 2.05) is 35.2 Å². The van der Waals surface area contributed by atoms with E-state index in [9.17, 15) is 4.79 Å². The van der Waals surface area contributed by atoms with Crippen molar-refractivity contribution in [1.82, 2.24) is 10.1 Å². The Labute approximate surface area is 201 Å². The summed E-state index contributed by atoms with van der Waals surface area (Å²) in [6, 6.07) is 15.5. The Bertz CT molecular complexity index is 1100. The highest BCUT2D eigenvalue weighted by Crippen LogP contribution is 2.35. The zero-order chi connectivity index (χ0) is 23.9. The van der Waals surface area contributed by atoms with Crippen LogP contribution < -0.4 is 9.64 Å². The number of rotatable bonds is 10. The Morgan fingerprint density at radius 1 is 1.12 bits per heavy atom. The van der Waals surface area contributed by atoms with Gasteiger partial charge in [-0.25, -0.2) is 0 Å². The molecule has 0 saturated carbocycles. The molecule has 1 fully saturated rings. The highest BCUT2D eigenvalue weighted by Gasteiger charge is 2.28. The van der Waals surface area contributed by atoms with Gasteiger partial charge < -0.3 is 23.8 Å². The third kappa shape index (κ3) is 5.42. The molecular weight excluding hydrogens is 430 g/mol. The van der Waals surface area contributed by atoms with Crippen LogP contribution in [0.15, 0.2) is 53.1 Å². The summed E-state index contributed by atoms with van der Waals surface area (Å²) in [4.78, 5) is 17.7. The van der Waals surface area contributed by atoms with E-state index in [1.165, 1.54) is 0 Å². The molecule has 2 aromatic carbocycles. The van der Waals surface area contributed by atoms with Crippen LogP contribution in [0.3, 0.4) is 0 Å². The van der Waals surface area contributed by atoms with Crippen molar-refractivity contribution in [1.29, 1.82) is 0 Å². The summed E-state index contributed by atoms with van der Waals surface area (Å²) in [5.74, 6) is 1.37. The first-order chi connectivity index (χ1) is 16.6. The van der Waals surface area contributed by atoms with E-state index in [2.05, 4.69) is 29.1 Å². The molecule has 1 aliphatic rings. The summed E-state index contributed by atoms with van der Waals surface area (Å²) in [6.07, 6.45) is 2.98. The quantitative estimate of drug-likeness (QED) is 0.397. The van der Waals surface area contributed by atoms with Crippen molar-refractivity contribution in [3.8, 4) is 17.0 Å². The molecule has 0 radical (unpaired) electrons. The van der Waals surface area contributed by atoms with E-state index < -0.39 is 0 Å². The molecular formula is C27H33N3O4. The minimum Gasteiger partial charge on any atom is -0.497 e. The molecule has 180 valence electrons. The van der Waals surface area contributed by atoms with Gasteiger partial charge in [0.25, 0.3) is 5.91 Å². The monoisotopic (exact) mass is 463 g/mol. The number of benzene rings is 2. The van der Waals surface area contributed by atoms with Gasteiger partial charge in [-0.05, 0) is 50.5 Å². The lowest BCUT2D eigenvalue weighted by Gasteiger charge is -2.24. The van der Waals surface area contributed by atoms with Gasteiger partial charge >= 0.3 is 0 Å². The largest absolute Gasteiger partial charge is 0.497 e. The van der Waals surface area contributed by atoms with Crippen molar-refractivity contribution < 1.29 is 18.8 Å². The van der Waals surface area contributed by atoms with Gasteiger partial charge in [0.15, 0.2) is 0 Å². The summed E-state index contributed by atoms with van der Waals surface area (Å²) >= 11 is 0. The Hall–Kier alpha value is -3.32. The van der Waals surface area contributed by atoms with E-state index in [-0.39, 0.29) is 5.91 Å². The molecule has 0 N–H and O–H groups in total. The lowest BCUT2D eigenvalue weighted by Crippen LogP contribution is -2.33. The molecule has 0 aliphatic carbocycles. The average Bonchev–Trinajstić information content (AvgIpc) is 3.53. The lowest BCUT2D eigenvalue weighted by molar-refractivity contribution is 0.0723. The van der Waals surface area contributed by atoms with Crippen LogP contribution in [0.4, 0.5) is 5.88 Å². The van der Waals surface area contributed by atoms with Gasteiger partial charge in [0.05, 0.1) is 19.2 Å². The molecule has 2 heterocycles. The number of hydrogen-bond acceptors (Lipinski definition) is 6. The smallest absolute Gasteiger partial charge is 0.254 e. The maximum Gasteiger partial charge on any atom is 0.254 e. The van der Waals surface area contributed by atoms with Crippen molar-refractivity contribution >= 4 is 11.8 Å². The molecule has 34 heavy (non-hydrogen) atoms. The highest BCUT2D eigenvalue weighted by molar-refractivity contribution is 5.94. The summed E-state index contributed by atoms with van der Waals surface area (Å²) in [5.41, 5.74) is 4.48. The van der Waals surface area contributed by atoms with E-state index in [0.29, 0.717) is 31.0 Å². The van der Waals surface area contributed by atoms with Crippen LogP contribution in [-0.4, -0.2) is 56.4 Å². The molecule has 1 amide bonds. The maximum absolute atomic E-state index is 13.6. The van der Waals surface area contributed by atoms with E-state index in [0.717, 1.165) is 60.6 Å². The van der Waals surface area contributed by atoms with Crippen LogP contribution >= 0.6 is 0 Å². The van der Waals surface area contributed by atoms with Crippen LogP contribution in [0.25, 0.3) is 11.3 Å². The van der Waals surface area contributed by atoms with Gasteiger partial charge in [0.2, 0.25) is 5.88 Å². The Balaban J connectivity index is 1.71. The maximum atomic E-state index is 13.6. The van der Waals surface area contributed by atoms with Crippen LogP contribution in [0, 0.1) is 6.92 Å². The molecule has 0 spiro atoms. The van der Waals surface area contributed by atoms with Crippen LogP contribution in [-0.2, 0) is 11.3 Å².